The Balaban J connectivity index is 1.98. The van der Waals surface area contributed by atoms with Crippen molar-refractivity contribution < 1.29 is 8.91 Å². The molecule has 5 heteroatoms. The second-order valence-electron chi connectivity index (χ2n) is 4.66. The fourth-order valence-corrected chi connectivity index (χ4v) is 2.24. The van der Waals surface area contributed by atoms with E-state index in [-0.39, 0.29) is 5.82 Å². The molecule has 0 aliphatic heterocycles. The molecule has 0 atom stereocenters. The Morgan fingerprint density at radius 3 is 2.76 bits per heavy atom. The van der Waals surface area contributed by atoms with Gasteiger partial charge >= 0.3 is 0 Å². The summed E-state index contributed by atoms with van der Waals surface area (Å²) in [6.07, 6.45) is 1.71. The van der Waals surface area contributed by atoms with Crippen molar-refractivity contribution >= 4 is 10.8 Å². The summed E-state index contributed by atoms with van der Waals surface area (Å²) in [6, 6.07) is 12.3. The summed E-state index contributed by atoms with van der Waals surface area (Å²) in [5, 5.41) is 13.8. The van der Waals surface area contributed by atoms with Crippen molar-refractivity contribution in [3.8, 4) is 17.5 Å². The summed E-state index contributed by atoms with van der Waals surface area (Å²) >= 11 is 0. The first-order chi connectivity index (χ1) is 10.3. The summed E-state index contributed by atoms with van der Waals surface area (Å²) in [5.74, 6) is 0.666. The second kappa shape index (κ2) is 5.71. The minimum Gasteiger partial charge on any atom is -0.339 e. The van der Waals surface area contributed by atoms with Gasteiger partial charge in [-0.3, -0.25) is 0 Å². The first kappa shape index (κ1) is 13.3. The van der Waals surface area contributed by atoms with Gasteiger partial charge in [-0.2, -0.15) is 10.2 Å². The molecule has 4 nitrogen and oxygen atoms in total. The third-order valence-electron chi connectivity index (χ3n) is 3.26. The highest BCUT2D eigenvalue weighted by Gasteiger charge is 2.13. The summed E-state index contributed by atoms with van der Waals surface area (Å²) in [7, 11) is 0. The van der Waals surface area contributed by atoms with Gasteiger partial charge in [0.15, 0.2) is 0 Å². The molecule has 0 spiro atoms. The van der Waals surface area contributed by atoms with Crippen LogP contribution >= 0.6 is 0 Å². The van der Waals surface area contributed by atoms with Gasteiger partial charge < -0.3 is 4.52 Å². The van der Waals surface area contributed by atoms with E-state index in [1.54, 1.807) is 18.2 Å². The van der Waals surface area contributed by atoms with E-state index in [4.69, 9.17) is 9.78 Å². The van der Waals surface area contributed by atoms with Gasteiger partial charge in [0.05, 0.1) is 6.07 Å². The Morgan fingerprint density at radius 1 is 1.14 bits per heavy atom. The molecule has 0 bridgehead atoms. The molecule has 0 saturated heterocycles. The molecule has 0 radical (unpaired) electrons. The summed E-state index contributed by atoms with van der Waals surface area (Å²) in [6.45, 7) is 0. The Labute approximate surface area is 120 Å². The average Bonchev–Trinajstić information content (AvgIpc) is 2.97. The van der Waals surface area contributed by atoms with Crippen molar-refractivity contribution in [3.63, 3.8) is 0 Å². The zero-order valence-electron chi connectivity index (χ0n) is 11.2. The van der Waals surface area contributed by atoms with Gasteiger partial charge in [0.25, 0.3) is 0 Å². The smallest absolute Gasteiger partial charge is 0.226 e. The molecule has 104 valence electrons. The van der Waals surface area contributed by atoms with Gasteiger partial charge in [-0.05, 0) is 23.9 Å². The minimum absolute atomic E-state index is 0.271. The number of unbranched alkanes of at least 4 members (excludes halogenated alkanes) is 1. The standard InChI is InChI=1S/C16H12FN3O/c17-14-9-8-13(11-5-1-2-6-12(11)14)16-19-15(21-20-16)7-3-4-10-18/h1-2,5-6,8-9H,3-4,7H2. The molecular formula is C16H12FN3O. The molecule has 0 aliphatic carbocycles. The van der Waals surface area contributed by atoms with Crippen LogP contribution in [0.1, 0.15) is 18.7 Å². The van der Waals surface area contributed by atoms with Crippen LogP contribution in [0.2, 0.25) is 0 Å². The number of aryl methyl sites for hydroxylation is 1. The lowest BCUT2D eigenvalue weighted by atomic mass is 10.0. The quantitative estimate of drug-likeness (QED) is 0.681. The number of aromatic nitrogens is 2. The second-order valence-corrected chi connectivity index (χ2v) is 4.66. The van der Waals surface area contributed by atoms with Crippen LogP contribution in [-0.4, -0.2) is 10.1 Å². The summed E-state index contributed by atoms with van der Waals surface area (Å²) < 4.78 is 19.0. The largest absolute Gasteiger partial charge is 0.339 e. The lowest BCUT2D eigenvalue weighted by Crippen LogP contribution is -1.88. The third kappa shape index (κ3) is 2.61. The number of rotatable bonds is 4. The Kier molecular flexibility index (Phi) is 3.61. The molecule has 1 aromatic heterocycles. The monoisotopic (exact) mass is 281 g/mol. The molecule has 1 heterocycles. The number of fused-ring (bicyclic) bond motifs is 1. The van der Waals surface area contributed by atoms with Gasteiger partial charge in [-0.15, -0.1) is 0 Å². The topological polar surface area (TPSA) is 62.7 Å². The van der Waals surface area contributed by atoms with Crippen molar-refractivity contribution in [2.45, 2.75) is 19.3 Å². The average molecular weight is 281 g/mol. The lowest BCUT2D eigenvalue weighted by molar-refractivity contribution is 0.376. The zero-order valence-corrected chi connectivity index (χ0v) is 11.2. The maximum Gasteiger partial charge on any atom is 0.226 e. The Bertz CT molecular complexity index is 820. The molecule has 21 heavy (non-hydrogen) atoms. The van der Waals surface area contributed by atoms with Crippen LogP contribution in [0.25, 0.3) is 22.2 Å². The minimum atomic E-state index is -0.271. The predicted octanol–water partition coefficient (Wildman–Crippen LogP) is 3.88. The first-order valence-electron chi connectivity index (χ1n) is 6.67. The van der Waals surface area contributed by atoms with E-state index >= 15 is 0 Å². The van der Waals surface area contributed by atoms with Crippen LogP contribution in [0.3, 0.4) is 0 Å². The number of hydrogen-bond acceptors (Lipinski definition) is 4. The molecule has 3 rings (SSSR count). The molecular weight excluding hydrogens is 269 g/mol. The summed E-state index contributed by atoms with van der Waals surface area (Å²) in [4.78, 5) is 4.32. The highest BCUT2D eigenvalue weighted by molar-refractivity contribution is 5.95. The van der Waals surface area contributed by atoms with Crippen molar-refractivity contribution in [2.24, 2.45) is 0 Å². The third-order valence-corrected chi connectivity index (χ3v) is 3.26. The number of hydrogen-bond donors (Lipinski definition) is 0. The molecule has 0 amide bonds. The van der Waals surface area contributed by atoms with Crippen LogP contribution in [0.5, 0.6) is 0 Å². The number of nitriles is 1. The van der Waals surface area contributed by atoms with Crippen molar-refractivity contribution in [3.05, 3.63) is 48.1 Å². The fourth-order valence-electron chi connectivity index (χ4n) is 2.24. The molecule has 0 fully saturated rings. The SMILES string of the molecule is N#CCCCc1nc(-c2ccc(F)c3ccccc23)no1. The Morgan fingerprint density at radius 2 is 1.95 bits per heavy atom. The van der Waals surface area contributed by atoms with Crippen LogP contribution in [0.15, 0.2) is 40.9 Å². The van der Waals surface area contributed by atoms with Gasteiger partial charge in [-0.1, -0.05) is 29.4 Å². The molecule has 0 unspecified atom stereocenters. The number of benzene rings is 2. The molecule has 0 N–H and O–H groups in total. The summed E-state index contributed by atoms with van der Waals surface area (Å²) in [5.41, 5.74) is 0.738. The zero-order chi connectivity index (χ0) is 14.7. The van der Waals surface area contributed by atoms with Crippen molar-refractivity contribution in [1.82, 2.24) is 10.1 Å². The maximum absolute atomic E-state index is 13.8. The Hall–Kier alpha value is -2.74. The molecule has 0 saturated carbocycles. The van der Waals surface area contributed by atoms with E-state index in [9.17, 15) is 4.39 Å². The number of halogens is 1. The van der Waals surface area contributed by atoms with Crippen molar-refractivity contribution in [1.29, 1.82) is 5.26 Å². The van der Waals surface area contributed by atoms with Gasteiger partial charge in [0.2, 0.25) is 11.7 Å². The van der Waals surface area contributed by atoms with E-state index in [1.807, 2.05) is 12.1 Å². The highest BCUT2D eigenvalue weighted by atomic mass is 19.1. The normalized spacial score (nSPS) is 10.7. The van der Waals surface area contributed by atoms with E-state index in [1.165, 1.54) is 6.07 Å². The van der Waals surface area contributed by atoms with Crippen molar-refractivity contribution in [2.75, 3.05) is 0 Å². The van der Waals surface area contributed by atoms with Crippen LogP contribution in [0, 0.1) is 17.1 Å². The van der Waals surface area contributed by atoms with E-state index in [0.29, 0.717) is 36.4 Å². The molecule has 2 aromatic carbocycles. The van der Waals surface area contributed by atoms with Gasteiger partial charge in [0, 0.05) is 23.8 Å². The molecule has 3 aromatic rings. The van der Waals surface area contributed by atoms with Gasteiger partial charge in [-0.25, -0.2) is 4.39 Å². The van der Waals surface area contributed by atoms with Crippen LogP contribution in [-0.2, 0) is 6.42 Å². The maximum atomic E-state index is 13.8. The van der Waals surface area contributed by atoms with E-state index < -0.39 is 0 Å². The van der Waals surface area contributed by atoms with E-state index in [0.717, 1.165) is 10.9 Å². The molecule has 0 aliphatic rings. The highest BCUT2D eigenvalue weighted by Crippen LogP contribution is 2.28. The van der Waals surface area contributed by atoms with E-state index in [2.05, 4.69) is 16.2 Å². The van der Waals surface area contributed by atoms with Crippen LogP contribution in [0.4, 0.5) is 4.39 Å². The fraction of sp³-hybridized carbons (Fsp3) is 0.188. The van der Waals surface area contributed by atoms with Gasteiger partial charge in [0.1, 0.15) is 5.82 Å². The number of nitrogens with zero attached hydrogens (tertiary/aromatic N) is 3. The predicted molar refractivity (Wildman–Crippen MR) is 75.7 cm³/mol. The van der Waals surface area contributed by atoms with Crippen LogP contribution < -0.4 is 0 Å². The lowest BCUT2D eigenvalue weighted by Gasteiger charge is -2.03. The first-order valence-corrected chi connectivity index (χ1v) is 6.67.